The van der Waals surface area contributed by atoms with Crippen molar-refractivity contribution < 1.29 is 26.7 Å². The van der Waals surface area contributed by atoms with Crippen LogP contribution in [0, 0.1) is 24.0 Å². The Balaban J connectivity index is 1.52. The number of amides is 1. The number of piperidine rings is 1. The van der Waals surface area contributed by atoms with Gasteiger partial charge >= 0.3 is 0 Å². The van der Waals surface area contributed by atoms with E-state index in [9.17, 15) is 22.0 Å². The molecule has 2 aromatic carbocycles. The molecule has 7 nitrogen and oxygen atoms in total. The SMILES string of the molecule is Cc1cc(OCC2(CC(=O)N3CCN(C)CC3)CCN(S(=O)(=O)c3c(F)cccc3F)CC2)ccc1Cl. The number of sulfonamides is 1. The van der Waals surface area contributed by atoms with E-state index >= 15 is 0 Å². The summed E-state index contributed by atoms with van der Waals surface area (Å²) in [5.74, 6) is -1.63. The minimum Gasteiger partial charge on any atom is -0.493 e. The zero-order valence-electron chi connectivity index (χ0n) is 21.1. The van der Waals surface area contributed by atoms with Crippen LogP contribution < -0.4 is 4.74 Å². The third kappa shape index (κ3) is 6.25. The lowest BCUT2D eigenvalue weighted by Gasteiger charge is -2.42. The van der Waals surface area contributed by atoms with Crippen molar-refractivity contribution in [1.82, 2.24) is 14.1 Å². The molecule has 0 bridgehead atoms. The number of carbonyl (C=O) groups excluding carboxylic acids is 1. The van der Waals surface area contributed by atoms with Gasteiger partial charge in [0.15, 0.2) is 4.90 Å². The van der Waals surface area contributed by atoms with Crippen LogP contribution in [0.2, 0.25) is 5.02 Å². The fourth-order valence-corrected chi connectivity index (χ4v) is 6.53. The van der Waals surface area contributed by atoms with Gasteiger partial charge in [0.2, 0.25) is 15.9 Å². The van der Waals surface area contributed by atoms with Gasteiger partial charge in [0.05, 0.1) is 6.61 Å². The highest BCUT2D eigenvalue weighted by atomic mass is 35.5. The number of rotatable bonds is 7. The molecule has 1 amide bonds. The minimum atomic E-state index is -4.38. The number of nitrogens with zero attached hydrogens (tertiary/aromatic N) is 3. The Kier molecular flexibility index (Phi) is 8.42. The van der Waals surface area contributed by atoms with Gasteiger partial charge in [0.25, 0.3) is 0 Å². The molecule has 0 saturated carbocycles. The van der Waals surface area contributed by atoms with Crippen molar-refractivity contribution in [1.29, 1.82) is 0 Å². The number of carbonyl (C=O) groups is 1. The first kappa shape index (κ1) is 27.8. The number of benzene rings is 2. The van der Waals surface area contributed by atoms with Gasteiger partial charge in [-0.15, -0.1) is 0 Å². The lowest BCUT2D eigenvalue weighted by atomic mass is 9.76. The Morgan fingerprint density at radius 2 is 1.65 bits per heavy atom. The van der Waals surface area contributed by atoms with Crippen molar-refractivity contribution in [3.63, 3.8) is 0 Å². The average Bonchev–Trinajstić information content (AvgIpc) is 2.85. The average molecular weight is 556 g/mol. The Labute approximate surface area is 222 Å². The second-order valence-electron chi connectivity index (χ2n) is 10.0. The highest BCUT2D eigenvalue weighted by Gasteiger charge is 2.43. The molecule has 202 valence electrons. The van der Waals surface area contributed by atoms with Gasteiger partial charge in [-0.2, -0.15) is 4.31 Å². The summed E-state index contributed by atoms with van der Waals surface area (Å²) in [6, 6.07) is 8.31. The van der Waals surface area contributed by atoms with Gasteiger partial charge < -0.3 is 14.5 Å². The predicted octanol–water partition coefficient (Wildman–Crippen LogP) is 3.94. The molecule has 0 aromatic heterocycles. The van der Waals surface area contributed by atoms with Gasteiger partial charge in [0.1, 0.15) is 17.4 Å². The smallest absolute Gasteiger partial charge is 0.248 e. The van der Waals surface area contributed by atoms with Crippen molar-refractivity contribution in [2.75, 3.05) is 52.9 Å². The molecule has 2 saturated heterocycles. The summed E-state index contributed by atoms with van der Waals surface area (Å²) in [5, 5.41) is 0.617. The van der Waals surface area contributed by atoms with Crippen LogP contribution in [0.4, 0.5) is 8.78 Å². The second-order valence-corrected chi connectivity index (χ2v) is 12.3. The van der Waals surface area contributed by atoms with Crippen LogP contribution in [0.3, 0.4) is 0 Å². The highest BCUT2D eigenvalue weighted by Crippen LogP contribution is 2.39. The molecule has 11 heteroatoms. The summed E-state index contributed by atoms with van der Waals surface area (Å²) in [6.07, 6.45) is 0.827. The fourth-order valence-electron chi connectivity index (χ4n) is 4.86. The van der Waals surface area contributed by atoms with Crippen molar-refractivity contribution in [3.05, 3.63) is 58.6 Å². The van der Waals surface area contributed by atoms with E-state index in [1.807, 2.05) is 24.9 Å². The van der Waals surface area contributed by atoms with Crippen molar-refractivity contribution in [2.24, 2.45) is 5.41 Å². The molecule has 0 aliphatic carbocycles. The third-order valence-electron chi connectivity index (χ3n) is 7.36. The van der Waals surface area contributed by atoms with Crippen molar-refractivity contribution in [3.8, 4) is 5.75 Å². The van der Waals surface area contributed by atoms with Crippen LogP contribution >= 0.6 is 11.6 Å². The molecule has 4 rings (SSSR count). The summed E-state index contributed by atoms with van der Waals surface area (Å²) < 4.78 is 62.0. The van der Waals surface area contributed by atoms with E-state index in [2.05, 4.69) is 4.90 Å². The number of aryl methyl sites for hydroxylation is 1. The first-order valence-electron chi connectivity index (χ1n) is 12.3. The summed E-state index contributed by atoms with van der Waals surface area (Å²) in [7, 11) is -2.37. The van der Waals surface area contributed by atoms with E-state index in [1.54, 1.807) is 12.1 Å². The standard InChI is InChI=1S/C26H32ClF2N3O4S/c1-19-16-20(6-7-21(19)27)36-18-26(17-24(33)31-14-12-30(2)13-15-31)8-10-32(11-9-26)37(34,35)25-22(28)4-3-5-23(25)29/h3-7,16H,8-15,17-18H2,1-2H3. The van der Waals surface area contributed by atoms with Gasteiger partial charge in [-0.3, -0.25) is 4.79 Å². The van der Waals surface area contributed by atoms with Crippen LogP contribution in [0.5, 0.6) is 5.75 Å². The Morgan fingerprint density at radius 3 is 2.24 bits per heavy atom. The van der Waals surface area contributed by atoms with E-state index in [0.717, 1.165) is 41.2 Å². The van der Waals surface area contributed by atoms with Crippen LogP contribution in [0.1, 0.15) is 24.8 Å². The highest BCUT2D eigenvalue weighted by molar-refractivity contribution is 7.89. The van der Waals surface area contributed by atoms with Crippen LogP contribution in [0.25, 0.3) is 0 Å². The van der Waals surface area contributed by atoms with Crippen molar-refractivity contribution in [2.45, 2.75) is 31.1 Å². The molecule has 37 heavy (non-hydrogen) atoms. The fraction of sp³-hybridized carbons (Fsp3) is 0.500. The number of likely N-dealkylation sites (N-methyl/N-ethyl adjacent to an activating group) is 1. The lowest BCUT2D eigenvalue weighted by molar-refractivity contribution is -0.136. The molecule has 2 fully saturated rings. The summed E-state index contributed by atoms with van der Waals surface area (Å²) in [5.41, 5.74) is 0.225. The molecule has 2 aliphatic rings. The zero-order valence-corrected chi connectivity index (χ0v) is 22.6. The van der Waals surface area contributed by atoms with Gasteiger partial charge in [0, 0.05) is 56.1 Å². The van der Waals surface area contributed by atoms with Crippen LogP contribution in [-0.2, 0) is 14.8 Å². The van der Waals surface area contributed by atoms with E-state index in [-0.39, 0.29) is 32.0 Å². The molecular formula is C26H32ClF2N3O4S. The van der Waals surface area contributed by atoms with Crippen LogP contribution in [-0.4, -0.2) is 81.4 Å². The third-order valence-corrected chi connectivity index (χ3v) is 9.73. The number of ether oxygens (including phenoxy) is 1. The Hall–Kier alpha value is -2.27. The molecule has 0 atom stereocenters. The maximum Gasteiger partial charge on any atom is 0.248 e. The summed E-state index contributed by atoms with van der Waals surface area (Å²) in [6.45, 7) is 4.97. The van der Waals surface area contributed by atoms with E-state index < -0.39 is 32.0 Å². The van der Waals surface area contributed by atoms with Gasteiger partial charge in [-0.1, -0.05) is 17.7 Å². The Bertz CT molecular complexity index is 1220. The molecule has 2 aliphatic heterocycles. The molecule has 0 N–H and O–H groups in total. The van der Waals surface area contributed by atoms with Gasteiger partial charge in [-0.05, 0) is 62.7 Å². The predicted molar refractivity (Wildman–Crippen MR) is 137 cm³/mol. The normalized spacial score (nSPS) is 19.1. The quantitative estimate of drug-likeness (QED) is 0.518. The molecule has 0 unspecified atom stereocenters. The lowest BCUT2D eigenvalue weighted by Crippen LogP contribution is -2.51. The minimum absolute atomic E-state index is 0.000409. The summed E-state index contributed by atoms with van der Waals surface area (Å²) >= 11 is 6.13. The molecule has 0 radical (unpaired) electrons. The Morgan fingerprint density at radius 1 is 1.03 bits per heavy atom. The van der Waals surface area contributed by atoms with Gasteiger partial charge in [-0.25, -0.2) is 17.2 Å². The topological polar surface area (TPSA) is 70.2 Å². The van der Waals surface area contributed by atoms with Crippen LogP contribution in [0.15, 0.2) is 41.3 Å². The molecule has 2 heterocycles. The number of hydrogen-bond donors (Lipinski definition) is 0. The largest absolute Gasteiger partial charge is 0.493 e. The van der Waals surface area contributed by atoms with E-state index in [4.69, 9.17) is 16.3 Å². The number of halogens is 3. The monoisotopic (exact) mass is 555 g/mol. The van der Waals surface area contributed by atoms with E-state index in [1.165, 1.54) is 0 Å². The number of piperazine rings is 1. The maximum atomic E-state index is 14.3. The maximum absolute atomic E-state index is 14.3. The zero-order chi connectivity index (χ0) is 26.8. The van der Waals surface area contributed by atoms with E-state index in [0.29, 0.717) is 36.7 Å². The number of hydrogen-bond acceptors (Lipinski definition) is 5. The summed E-state index contributed by atoms with van der Waals surface area (Å²) in [4.78, 5) is 16.3. The second kappa shape index (κ2) is 11.2. The molecular weight excluding hydrogens is 524 g/mol. The first-order valence-corrected chi connectivity index (χ1v) is 14.1. The first-order chi connectivity index (χ1) is 17.5. The molecule has 0 spiro atoms. The molecule has 2 aromatic rings. The van der Waals surface area contributed by atoms with Crippen molar-refractivity contribution >= 4 is 27.5 Å².